The van der Waals surface area contributed by atoms with Gasteiger partial charge in [0.15, 0.2) is 0 Å². The molecule has 1 spiro atoms. The van der Waals surface area contributed by atoms with Crippen molar-refractivity contribution in [3.05, 3.63) is 41.2 Å². The number of rotatable bonds is 1. The van der Waals surface area contributed by atoms with Gasteiger partial charge in [-0.2, -0.15) is 0 Å². The highest BCUT2D eigenvalue weighted by Gasteiger charge is 2.56. The fourth-order valence-corrected chi connectivity index (χ4v) is 6.33. The van der Waals surface area contributed by atoms with E-state index in [1.165, 1.54) is 17.4 Å². The van der Waals surface area contributed by atoms with E-state index in [2.05, 4.69) is 13.0 Å². The van der Waals surface area contributed by atoms with E-state index in [4.69, 9.17) is 9.47 Å². The lowest BCUT2D eigenvalue weighted by Crippen LogP contribution is -2.57. The van der Waals surface area contributed by atoms with Crippen LogP contribution < -0.4 is 0 Å². The predicted octanol–water partition coefficient (Wildman–Crippen LogP) is 3.23. The summed E-state index contributed by atoms with van der Waals surface area (Å²) in [6.07, 6.45) is 6.37. The van der Waals surface area contributed by atoms with Gasteiger partial charge in [0.05, 0.1) is 25.6 Å². The second-order valence-corrected chi connectivity index (χ2v) is 9.58. The first kappa shape index (κ1) is 18.5. The van der Waals surface area contributed by atoms with E-state index in [1.54, 1.807) is 0 Å². The Morgan fingerprint density at radius 3 is 2.86 bits per heavy atom. The molecule has 4 aliphatic rings. The van der Waals surface area contributed by atoms with Crippen LogP contribution in [0, 0.1) is 17.3 Å². The van der Waals surface area contributed by atoms with Gasteiger partial charge in [-0.3, -0.25) is 0 Å². The number of phenolic OH excluding ortho intramolecular Hbond substituents is 1. The summed E-state index contributed by atoms with van der Waals surface area (Å²) in [5.41, 5.74) is 3.36. The van der Waals surface area contributed by atoms with Gasteiger partial charge in [0, 0.05) is 18.4 Å². The first-order chi connectivity index (χ1) is 13.4. The number of aryl methyl sites for hydroxylation is 1. The van der Waals surface area contributed by atoms with Crippen LogP contribution in [0.4, 0.5) is 0 Å². The van der Waals surface area contributed by atoms with Gasteiger partial charge in [0.1, 0.15) is 5.75 Å². The molecule has 5 rings (SSSR count). The lowest BCUT2D eigenvalue weighted by Gasteiger charge is -2.58. The molecular weight excluding hydrogens is 356 g/mol. The molecule has 0 amide bonds. The van der Waals surface area contributed by atoms with Crippen molar-refractivity contribution in [3.8, 4) is 5.75 Å². The number of aliphatic hydroxyl groups excluding tert-OH is 2. The highest BCUT2D eigenvalue weighted by atomic mass is 16.7. The highest BCUT2D eigenvalue weighted by molar-refractivity contribution is 5.40. The lowest BCUT2D eigenvalue weighted by atomic mass is 9.52. The van der Waals surface area contributed by atoms with Gasteiger partial charge < -0.3 is 24.8 Å². The van der Waals surface area contributed by atoms with Crippen LogP contribution in [-0.4, -0.2) is 40.4 Å². The molecule has 0 unspecified atom stereocenters. The number of fused-ring (bicyclic) bond motifs is 5. The normalized spacial score (nSPS) is 42.0. The zero-order valence-corrected chi connectivity index (χ0v) is 16.4. The summed E-state index contributed by atoms with van der Waals surface area (Å²) in [5, 5.41) is 29.7. The third-order valence-corrected chi connectivity index (χ3v) is 7.96. The first-order valence-electron chi connectivity index (χ1n) is 10.5. The summed E-state index contributed by atoms with van der Waals surface area (Å²) < 4.78 is 12.3. The molecule has 6 atom stereocenters. The number of hydrogen-bond donors (Lipinski definition) is 3. The number of hydrogen-bond acceptors (Lipinski definition) is 5. The van der Waals surface area contributed by atoms with E-state index >= 15 is 0 Å². The molecule has 5 heteroatoms. The lowest BCUT2D eigenvalue weighted by molar-refractivity contribution is -0.296. The highest BCUT2D eigenvalue weighted by Crippen LogP contribution is 2.60. The Balaban J connectivity index is 1.44. The minimum absolute atomic E-state index is 0.135. The third-order valence-electron chi connectivity index (χ3n) is 7.96. The first-order valence-corrected chi connectivity index (χ1v) is 10.5. The maximum Gasteiger partial charge on any atom is 0.212 e. The average Bonchev–Trinajstić information content (AvgIpc) is 2.68. The van der Waals surface area contributed by atoms with Gasteiger partial charge >= 0.3 is 0 Å². The Morgan fingerprint density at radius 1 is 1.21 bits per heavy atom. The summed E-state index contributed by atoms with van der Waals surface area (Å²) in [7, 11) is 0. The van der Waals surface area contributed by atoms with E-state index in [0.29, 0.717) is 42.1 Å². The Labute approximate surface area is 166 Å². The summed E-state index contributed by atoms with van der Waals surface area (Å²) in [4.78, 5) is 0. The van der Waals surface area contributed by atoms with Gasteiger partial charge in [0.2, 0.25) is 5.79 Å². The van der Waals surface area contributed by atoms with Crippen LogP contribution in [0.2, 0.25) is 0 Å². The summed E-state index contributed by atoms with van der Waals surface area (Å²) in [6, 6.07) is 5.88. The quantitative estimate of drug-likeness (QED) is 0.691. The fraction of sp³-hybridized carbons (Fsp3) is 0.652. The van der Waals surface area contributed by atoms with Crippen molar-refractivity contribution in [3.63, 3.8) is 0 Å². The Hall–Kier alpha value is -1.56. The minimum Gasteiger partial charge on any atom is -0.508 e. The van der Waals surface area contributed by atoms with Crippen molar-refractivity contribution in [2.75, 3.05) is 13.2 Å². The summed E-state index contributed by atoms with van der Waals surface area (Å²) in [5.74, 6) is 1.15. The largest absolute Gasteiger partial charge is 0.508 e. The smallest absolute Gasteiger partial charge is 0.212 e. The number of phenols is 1. The zero-order chi connectivity index (χ0) is 19.5. The standard InChI is InChI=1S/C23H30O5/c1-22-7-6-18-17-5-3-16(25)8-14(17)2-4-19(18)20(22)9-23(28-13-22)10-21(26)15(11-24)12-27-23/h3,5,8,12,18-21,24-26H,2,4,6-7,9-11,13H2,1H3/t18-,19-,20+,21-,22-,23-/m1/s1. The number of ether oxygens (including phenoxy) is 2. The molecule has 0 aromatic heterocycles. The molecule has 0 bridgehead atoms. The third kappa shape index (κ3) is 2.78. The second-order valence-electron chi connectivity index (χ2n) is 9.58. The Kier molecular flexibility index (Phi) is 4.27. The molecule has 2 heterocycles. The van der Waals surface area contributed by atoms with E-state index < -0.39 is 11.9 Å². The van der Waals surface area contributed by atoms with Gasteiger partial charge in [-0.15, -0.1) is 0 Å². The topological polar surface area (TPSA) is 79.2 Å². The van der Waals surface area contributed by atoms with E-state index in [1.807, 2.05) is 12.1 Å². The maximum absolute atomic E-state index is 10.4. The van der Waals surface area contributed by atoms with Crippen molar-refractivity contribution < 1.29 is 24.8 Å². The van der Waals surface area contributed by atoms with Crippen LogP contribution in [0.15, 0.2) is 30.0 Å². The van der Waals surface area contributed by atoms with Gasteiger partial charge in [-0.25, -0.2) is 0 Å². The number of benzene rings is 1. The second kappa shape index (κ2) is 6.48. The maximum atomic E-state index is 10.4. The minimum atomic E-state index is -0.778. The van der Waals surface area contributed by atoms with Crippen LogP contribution in [0.3, 0.4) is 0 Å². The molecular formula is C23H30O5. The van der Waals surface area contributed by atoms with Crippen LogP contribution in [-0.2, 0) is 15.9 Å². The Bertz CT molecular complexity index is 804. The molecule has 5 nitrogen and oxygen atoms in total. The van der Waals surface area contributed by atoms with E-state index in [-0.39, 0.29) is 12.0 Å². The number of aromatic hydroxyl groups is 1. The summed E-state index contributed by atoms with van der Waals surface area (Å²) >= 11 is 0. The molecule has 1 aromatic carbocycles. The Morgan fingerprint density at radius 2 is 2.07 bits per heavy atom. The molecule has 3 N–H and O–H groups in total. The molecule has 1 saturated carbocycles. The molecule has 28 heavy (non-hydrogen) atoms. The van der Waals surface area contributed by atoms with Crippen LogP contribution >= 0.6 is 0 Å². The van der Waals surface area contributed by atoms with Gasteiger partial charge in [-0.1, -0.05) is 13.0 Å². The number of aliphatic hydroxyl groups is 2. The van der Waals surface area contributed by atoms with Crippen molar-refractivity contribution in [2.45, 2.75) is 63.3 Å². The molecule has 2 fully saturated rings. The van der Waals surface area contributed by atoms with Crippen LogP contribution in [0.25, 0.3) is 0 Å². The molecule has 1 aromatic rings. The fourth-order valence-electron chi connectivity index (χ4n) is 6.33. The monoisotopic (exact) mass is 386 g/mol. The molecule has 0 radical (unpaired) electrons. The van der Waals surface area contributed by atoms with Gasteiger partial charge in [-0.05, 0) is 72.1 Å². The molecule has 2 aliphatic heterocycles. The summed E-state index contributed by atoms with van der Waals surface area (Å²) in [6.45, 7) is 2.81. The van der Waals surface area contributed by atoms with Gasteiger partial charge in [0.25, 0.3) is 0 Å². The van der Waals surface area contributed by atoms with Crippen LogP contribution in [0.5, 0.6) is 5.75 Å². The average molecular weight is 386 g/mol. The zero-order valence-electron chi connectivity index (χ0n) is 16.4. The van der Waals surface area contributed by atoms with E-state index in [0.717, 1.165) is 32.1 Å². The molecule has 1 saturated heterocycles. The molecule has 152 valence electrons. The van der Waals surface area contributed by atoms with Crippen molar-refractivity contribution in [1.82, 2.24) is 0 Å². The van der Waals surface area contributed by atoms with Crippen LogP contribution in [0.1, 0.15) is 56.1 Å². The van der Waals surface area contributed by atoms with Crippen molar-refractivity contribution in [1.29, 1.82) is 0 Å². The predicted molar refractivity (Wildman–Crippen MR) is 104 cm³/mol. The van der Waals surface area contributed by atoms with E-state index in [9.17, 15) is 15.3 Å². The van der Waals surface area contributed by atoms with Crippen molar-refractivity contribution in [2.24, 2.45) is 17.3 Å². The van der Waals surface area contributed by atoms with Crippen molar-refractivity contribution >= 4 is 0 Å². The molecule has 2 aliphatic carbocycles. The SMILES string of the molecule is C[C@]12CC[C@@H]3c4ccc(O)cc4CC[C@H]3[C@@H]1C[C@]1(C[C@@H](O)C(CO)=CO1)OC2.